The summed E-state index contributed by atoms with van der Waals surface area (Å²) in [6.07, 6.45) is 3.31. The first-order valence-corrected chi connectivity index (χ1v) is 9.01. The van der Waals surface area contributed by atoms with E-state index in [0.717, 1.165) is 17.4 Å². The van der Waals surface area contributed by atoms with Crippen LogP contribution in [0.2, 0.25) is 0 Å². The summed E-state index contributed by atoms with van der Waals surface area (Å²) in [6, 6.07) is 10.7. The highest BCUT2D eigenvalue weighted by molar-refractivity contribution is 7.88. The van der Waals surface area contributed by atoms with Crippen LogP contribution in [-0.4, -0.2) is 32.1 Å². The molecule has 0 aliphatic rings. The maximum absolute atomic E-state index is 12.2. The van der Waals surface area contributed by atoms with Crippen molar-refractivity contribution in [2.75, 3.05) is 18.1 Å². The van der Waals surface area contributed by atoms with Gasteiger partial charge in [0.15, 0.2) is 0 Å². The number of amides is 1. The van der Waals surface area contributed by atoms with Gasteiger partial charge in [0.2, 0.25) is 10.0 Å². The van der Waals surface area contributed by atoms with Gasteiger partial charge in [-0.25, -0.2) is 18.1 Å². The van der Waals surface area contributed by atoms with Gasteiger partial charge in [0.25, 0.3) is 5.91 Å². The van der Waals surface area contributed by atoms with E-state index >= 15 is 0 Å². The molecule has 0 aliphatic heterocycles. The molecule has 0 saturated heterocycles. The molecule has 2 rings (SSSR count). The summed E-state index contributed by atoms with van der Waals surface area (Å²) in [5.74, 6) is 0.312. The molecule has 0 atom stereocenters. The molecule has 122 valence electrons. The molecule has 1 amide bonds. The summed E-state index contributed by atoms with van der Waals surface area (Å²) in [4.78, 5) is 16.3. The van der Waals surface area contributed by atoms with Crippen LogP contribution in [0.1, 0.15) is 21.5 Å². The number of aryl methyl sites for hydroxylation is 1. The lowest BCUT2D eigenvalue weighted by atomic mass is 10.1. The van der Waals surface area contributed by atoms with Gasteiger partial charge in [-0.2, -0.15) is 0 Å². The third-order valence-corrected chi connectivity index (χ3v) is 3.96. The molecular weight excluding hydrogens is 314 g/mol. The second-order valence-corrected chi connectivity index (χ2v) is 7.07. The van der Waals surface area contributed by atoms with Crippen molar-refractivity contribution < 1.29 is 13.2 Å². The number of benzene rings is 1. The van der Waals surface area contributed by atoms with Crippen molar-refractivity contribution in [3.63, 3.8) is 0 Å². The van der Waals surface area contributed by atoms with E-state index in [2.05, 4.69) is 15.0 Å². The number of hydrogen-bond acceptors (Lipinski definition) is 4. The summed E-state index contributed by atoms with van der Waals surface area (Å²) in [7, 11) is -3.18. The Labute approximate surface area is 136 Å². The van der Waals surface area contributed by atoms with Crippen LogP contribution in [0.25, 0.3) is 0 Å². The molecule has 1 aromatic carbocycles. The number of carbonyl (C=O) groups excluding carboxylic acids is 1. The number of carbonyl (C=O) groups is 1. The Hall–Kier alpha value is -2.25. The first-order valence-electron chi connectivity index (χ1n) is 7.12. The first-order chi connectivity index (χ1) is 10.8. The lowest BCUT2D eigenvalue weighted by Crippen LogP contribution is -2.24. The van der Waals surface area contributed by atoms with Gasteiger partial charge in [-0.15, -0.1) is 0 Å². The van der Waals surface area contributed by atoms with Crippen molar-refractivity contribution in [3.05, 3.63) is 59.3 Å². The average Bonchev–Trinajstić information content (AvgIpc) is 2.49. The maximum atomic E-state index is 12.2. The highest BCUT2D eigenvalue weighted by Crippen LogP contribution is 2.12. The molecule has 0 saturated carbocycles. The number of nitrogens with zero attached hydrogens (tertiary/aromatic N) is 1. The van der Waals surface area contributed by atoms with E-state index in [0.29, 0.717) is 24.3 Å². The van der Waals surface area contributed by atoms with Crippen LogP contribution >= 0.6 is 0 Å². The molecule has 0 radical (unpaired) electrons. The summed E-state index contributed by atoms with van der Waals surface area (Å²) >= 11 is 0. The monoisotopic (exact) mass is 333 g/mol. The number of sulfonamides is 1. The summed E-state index contributed by atoms with van der Waals surface area (Å²) < 4.78 is 24.4. The van der Waals surface area contributed by atoms with E-state index in [-0.39, 0.29) is 5.91 Å². The van der Waals surface area contributed by atoms with Crippen molar-refractivity contribution in [1.29, 1.82) is 0 Å². The number of anilines is 1. The van der Waals surface area contributed by atoms with Gasteiger partial charge < -0.3 is 5.32 Å². The predicted molar refractivity (Wildman–Crippen MR) is 89.9 cm³/mol. The first kappa shape index (κ1) is 17.1. The van der Waals surface area contributed by atoms with Crippen LogP contribution in [0.15, 0.2) is 42.6 Å². The molecule has 1 aromatic heterocycles. The molecule has 23 heavy (non-hydrogen) atoms. The van der Waals surface area contributed by atoms with E-state index in [1.165, 1.54) is 0 Å². The smallest absolute Gasteiger partial charge is 0.256 e. The number of pyridine rings is 1. The Bertz CT molecular complexity index is 786. The van der Waals surface area contributed by atoms with Crippen molar-refractivity contribution in [1.82, 2.24) is 9.71 Å². The molecule has 0 aliphatic carbocycles. The minimum atomic E-state index is -3.18. The quantitative estimate of drug-likeness (QED) is 0.843. The summed E-state index contributed by atoms with van der Waals surface area (Å²) in [5.41, 5.74) is 2.37. The lowest BCUT2D eigenvalue weighted by molar-refractivity contribution is 0.102. The Morgan fingerprint density at radius 3 is 2.48 bits per heavy atom. The summed E-state index contributed by atoms with van der Waals surface area (Å²) in [5, 5.41) is 2.77. The molecule has 0 bridgehead atoms. The highest BCUT2D eigenvalue weighted by Gasteiger charge is 2.08. The number of nitrogens with one attached hydrogen (secondary N) is 2. The fourth-order valence-electron chi connectivity index (χ4n) is 2.00. The third kappa shape index (κ3) is 5.46. The molecular formula is C16H19N3O3S. The lowest BCUT2D eigenvalue weighted by Gasteiger charge is -2.08. The topological polar surface area (TPSA) is 88.2 Å². The molecule has 0 spiro atoms. The molecule has 2 aromatic rings. The number of rotatable bonds is 6. The Morgan fingerprint density at radius 2 is 1.87 bits per heavy atom. The van der Waals surface area contributed by atoms with Gasteiger partial charge >= 0.3 is 0 Å². The van der Waals surface area contributed by atoms with E-state index in [1.807, 2.05) is 31.2 Å². The normalized spacial score (nSPS) is 11.2. The minimum Gasteiger partial charge on any atom is -0.306 e. The van der Waals surface area contributed by atoms with Gasteiger partial charge in [0.1, 0.15) is 5.82 Å². The standard InChI is InChI=1S/C16H19N3O3S/c1-12-4-3-10-17-15(12)19-16(20)14-7-5-13(6-8-14)9-11-18-23(2,21)22/h3-8,10,18H,9,11H2,1-2H3,(H,17,19,20). The zero-order valence-corrected chi connectivity index (χ0v) is 13.9. The fourth-order valence-corrected chi connectivity index (χ4v) is 2.47. The highest BCUT2D eigenvalue weighted by atomic mass is 32.2. The van der Waals surface area contributed by atoms with Crippen LogP contribution in [-0.2, 0) is 16.4 Å². The van der Waals surface area contributed by atoms with Crippen LogP contribution in [0, 0.1) is 6.92 Å². The van der Waals surface area contributed by atoms with Crippen molar-refractivity contribution in [2.24, 2.45) is 0 Å². The Kier molecular flexibility index (Phi) is 5.46. The average molecular weight is 333 g/mol. The second kappa shape index (κ2) is 7.34. The van der Waals surface area contributed by atoms with Crippen LogP contribution < -0.4 is 10.0 Å². The SMILES string of the molecule is Cc1cccnc1NC(=O)c1ccc(CCNS(C)(=O)=O)cc1. The Morgan fingerprint density at radius 1 is 1.17 bits per heavy atom. The second-order valence-electron chi connectivity index (χ2n) is 5.24. The third-order valence-electron chi connectivity index (χ3n) is 3.24. The van der Waals surface area contributed by atoms with Gasteiger partial charge in [0, 0.05) is 18.3 Å². The van der Waals surface area contributed by atoms with Gasteiger partial charge in [-0.1, -0.05) is 18.2 Å². The van der Waals surface area contributed by atoms with E-state index in [4.69, 9.17) is 0 Å². The molecule has 0 unspecified atom stereocenters. The molecule has 7 heteroatoms. The van der Waals surface area contributed by atoms with Crippen LogP contribution in [0.3, 0.4) is 0 Å². The number of aromatic nitrogens is 1. The largest absolute Gasteiger partial charge is 0.306 e. The van der Waals surface area contributed by atoms with E-state index in [9.17, 15) is 13.2 Å². The Balaban J connectivity index is 1.96. The molecule has 2 N–H and O–H groups in total. The number of hydrogen-bond donors (Lipinski definition) is 2. The van der Waals surface area contributed by atoms with E-state index < -0.39 is 10.0 Å². The molecule has 6 nitrogen and oxygen atoms in total. The van der Waals surface area contributed by atoms with Gasteiger partial charge in [-0.05, 0) is 42.7 Å². The van der Waals surface area contributed by atoms with Crippen LogP contribution in [0.5, 0.6) is 0 Å². The van der Waals surface area contributed by atoms with Crippen molar-refractivity contribution >= 4 is 21.7 Å². The van der Waals surface area contributed by atoms with Crippen molar-refractivity contribution in [3.8, 4) is 0 Å². The van der Waals surface area contributed by atoms with Crippen molar-refractivity contribution in [2.45, 2.75) is 13.3 Å². The maximum Gasteiger partial charge on any atom is 0.256 e. The van der Waals surface area contributed by atoms with Crippen LogP contribution in [0.4, 0.5) is 5.82 Å². The predicted octanol–water partition coefficient (Wildman–Crippen LogP) is 1.73. The molecule has 1 heterocycles. The molecule has 0 fully saturated rings. The fraction of sp³-hybridized carbons (Fsp3) is 0.250. The zero-order valence-electron chi connectivity index (χ0n) is 13.0. The van der Waals surface area contributed by atoms with Gasteiger partial charge in [-0.3, -0.25) is 4.79 Å². The zero-order chi connectivity index (χ0) is 16.9. The van der Waals surface area contributed by atoms with Gasteiger partial charge in [0.05, 0.1) is 6.26 Å². The summed E-state index contributed by atoms with van der Waals surface area (Å²) in [6.45, 7) is 2.21. The minimum absolute atomic E-state index is 0.229. The van der Waals surface area contributed by atoms with E-state index in [1.54, 1.807) is 18.3 Å².